The Balaban J connectivity index is 1.22. The van der Waals surface area contributed by atoms with Gasteiger partial charge in [0.2, 0.25) is 0 Å². The van der Waals surface area contributed by atoms with Gasteiger partial charge < -0.3 is 33.4 Å². The molecule has 7 rings (SSSR count). The van der Waals surface area contributed by atoms with Crippen molar-refractivity contribution in [2.75, 3.05) is 19.8 Å². The molecule has 4 aromatic carbocycles. The van der Waals surface area contributed by atoms with Crippen molar-refractivity contribution < 1.29 is 55.8 Å². The van der Waals surface area contributed by atoms with E-state index in [1.165, 1.54) is 6.08 Å². The van der Waals surface area contributed by atoms with Crippen LogP contribution in [0.2, 0.25) is 18.1 Å². The Morgan fingerprint density at radius 1 is 0.820 bits per heavy atom. The molecule has 1 aliphatic carbocycles. The van der Waals surface area contributed by atoms with Crippen molar-refractivity contribution in [2.24, 2.45) is 0 Å². The summed E-state index contributed by atoms with van der Waals surface area (Å²) in [5, 5.41) is 2.58. The second-order valence-corrected chi connectivity index (χ2v) is 23.1. The predicted molar refractivity (Wildman–Crippen MR) is 230 cm³/mol. The first-order chi connectivity index (χ1) is 29.2. The standard InChI is InChI=1S/C46H54NO12PSi/c1-7-25-52-45(49)57-42-40(47-44(48)53-29-38-36-23-15-13-21-34(36)35-22-14-16-24-37(35)38)43(59-61(5,6)46(2,3)4)56-39(30-51-26-31-17-9-8-10-18-31)41(42)58-60(50)54-27-32-19-11-12-20-33(32)28-55-60/h7-24,38-43H,1,25-30H2,2-6H3,(H,47,48)/t39?,40?,41-,42-,43-/m1/s1. The first-order valence-corrected chi connectivity index (χ1v) is 24.8. The van der Waals surface area contributed by atoms with Gasteiger partial charge in [-0.2, -0.15) is 0 Å². The lowest BCUT2D eigenvalue weighted by Gasteiger charge is -2.48. The van der Waals surface area contributed by atoms with Crippen LogP contribution in [0.5, 0.6) is 0 Å². The molecule has 0 bridgehead atoms. The van der Waals surface area contributed by atoms with Gasteiger partial charge in [0.15, 0.2) is 20.7 Å². The summed E-state index contributed by atoms with van der Waals surface area (Å²) < 4.78 is 69.9. The summed E-state index contributed by atoms with van der Waals surface area (Å²) in [6.07, 6.45) is -5.83. The van der Waals surface area contributed by atoms with Crippen LogP contribution in [0.1, 0.15) is 54.5 Å². The highest BCUT2D eigenvalue weighted by atomic mass is 31.2. The number of carbonyl (C=O) groups is 2. The summed E-state index contributed by atoms with van der Waals surface area (Å²) in [5.74, 6) is -0.234. The minimum absolute atomic E-state index is 0.00140. The van der Waals surface area contributed by atoms with Crippen LogP contribution in [0.4, 0.5) is 9.59 Å². The summed E-state index contributed by atoms with van der Waals surface area (Å²) in [6, 6.07) is 31.6. The molecule has 4 aromatic rings. The van der Waals surface area contributed by atoms with Gasteiger partial charge in [-0.05, 0) is 57.1 Å². The fraction of sp³-hybridized carbons (Fsp3) is 0.391. The monoisotopic (exact) mass is 871 g/mol. The number of ether oxygens (including phenoxy) is 5. The molecule has 3 aliphatic rings. The van der Waals surface area contributed by atoms with E-state index in [2.05, 4.69) is 44.8 Å². The Labute approximate surface area is 358 Å². The Kier molecular flexibility index (Phi) is 14.0. The fourth-order valence-electron chi connectivity index (χ4n) is 7.32. The summed E-state index contributed by atoms with van der Waals surface area (Å²) in [5.41, 5.74) is 6.64. The molecule has 0 saturated carbocycles. The maximum atomic E-state index is 14.6. The van der Waals surface area contributed by atoms with E-state index in [0.29, 0.717) is 0 Å². The van der Waals surface area contributed by atoms with Gasteiger partial charge >= 0.3 is 20.1 Å². The smallest absolute Gasteiger partial charge is 0.449 e. The molecule has 2 heterocycles. The number of phosphoric acid groups is 1. The predicted octanol–water partition coefficient (Wildman–Crippen LogP) is 9.81. The highest BCUT2D eigenvalue weighted by Gasteiger charge is 2.56. The van der Waals surface area contributed by atoms with Crippen molar-refractivity contribution in [1.29, 1.82) is 0 Å². The van der Waals surface area contributed by atoms with Crippen LogP contribution in [0.3, 0.4) is 0 Å². The molecule has 1 amide bonds. The molecule has 61 heavy (non-hydrogen) atoms. The lowest BCUT2D eigenvalue weighted by atomic mass is 9.96. The first kappa shape index (κ1) is 44.4. The van der Waals surface area contributed by atoms with E-state index in [9.17, 15) is 14.2 Å². The third-order valence-corrected chi connectivity index (χ3v) is 17.4. The van der Waals surface area contributed by atoms with Crippen LogP contribution in [-0.4, -0.2) is 71.0 Å². The fourth-order valence-corrected chi connectivity index (χ4v) is 9.81. The summed E-state index contributed by atoms with van der Waals surface area (Å²) in [7, 11) is -7.15. The van der Waals surface area contributed by atoms with Crippen LogP contribution < -0.4 is 5.32 Å². The van der Waals surface area contributed by atoms with Crippen molar-refractivity contribution in [1.82, 2.24) is 5.32 Å². The molecular weight excluding hydrogens is 818 g/mol. The van der Waals surface area contributed by atoms with Gasteiger partial charge in [-0.15, -0.1) is 0 Å². The largest absolute Gasteiger partial charge is 0.509 e. The zero-order valence-corrected chi connectivity index (χ0v) is 37.0. The number of benzene rings is 4. The Morgan fingerprint density at radius 3 is 2.02 bits per heavy atom. The number of hydrogen-bond acceptors (Lipinski definition) is 12. The van der Waals surface area contributed by atoms with Gasteiger partial charge in [-0.1, -0.05) is 137 Å². The highest BCUT2D eigenvalue weighted by Crippen LogP contribution is 2.55. The number of hydrogen-bond donors (Lipinski definition) is 1. The lowest BCUT2D eigenvalue weighted by Crippen LogP contribution is -2.68. The minimum atomic E-state index is -4.43. The van der Waals surface area contributed by atoms with Crippen LogP contribution in [0, 0.1) is 0 Å². The summed E-state index contributed by atoms with van der Waals surface area (Å²) in [4.78, 5) is 27.6. The van der Waals surface area contributed by atoms with E-state index >= 15 is 0 Å². The number of rotatable bonds is 14. The average Bonchev–Trinajstić information content (AvgIpc) is 3.46. The van der Waals surface area contributed by atoms with Gasteiger partial charge in [0.05, 0.1) is 26.4 Å². The molecule has 1 fully saturated rings. The first-order valence-electron chi connectivity index (χ1n) is 20.4. The number of phosphoric ester groups is 1. The molecule has 0 spiro atoms. The second-order valence-electron chi connectivity index (χ2n) is 16.7. The second kappa shape index (κ2) is 19.2. The van der Waals surface area contributed by atoms with E-state index in [1.807, 2.05) is 104 Å². The normalized spacial score (nSPS) is 22.1. The third-order valence-electron chi connectivity index (χ3n) is 11.6. The Hall–Kier alpha value is -4.63. The van der Waals surface area contributed by atoms with E-state index in [1.54, 1.807) is 0 Å². The van der Waals surface area contributed by atoms with Crippen LogP contribution in [-0.2, 0) is 66.1 Å². The molecule has 15 heteroatoms. The van der Waals surface area contributed by atoms with E-state index in [-0.39, 0.29) is 50.6 Å². The summed E-state index contributed by atoms with van der Waals surface area (Å²) in [6.45, 7) is 13.6. The Bertz CT molecular complexity index is 2140. The summed E-state index contributed by atoms with van der Waals surface area (Å²) >= 11 is 0. The number of fused-ring (bicyclic) bond motifs is 4. The molecule has 0 radical (unpaired) electrons. The van der Waals surface area contributed by atoms with Crippen LogP contribution in [0.25, 0.3) is 11.1 Å². The molecule has 1 N–H and O–H groups in total. The van der Waals surface area contributed by atoms with Crippen LogP contribution in [0.15, 0.2) is 116 Å². The SMILES string of the molecule is C=CCOC(=O)O[C@@H]1C(NC(=O)OCC2c3ccccc3-c3ccccc32)[C@@H](O[Si](C)(C)C(C)(C)C)OC(COCc2ccccc2)[C@H]1OP1(=O)OCc2ccccc2CO1. The molecule has 1 saturated heterocycles. The van der Waals surface area contributed by atoms with Crippen molar-refractivity contribution in [3.8, 4) is 11.1 Å². The molecule has 324 valence electrons. The highest BCUT2D eigenvalue weighted by molar-refractivity contribution is 7.48. The average molecular weight is 872 g/mol. The molecular formula is C46H54NO12PSi. The Morgan fingerprint density at radius 2 is 1.41 bits per heavy atom. The minimum Gasteiger partial charge on any atom is -0.449 e. The van der Waals surface area contributed by atoms with Crippen molar-refractivity contribution in [3.05, 3.63) is 144 Å². The molecule has 0 aromatic heterocycles. The maximum Gasteiger partial charge on any atom is 0.509 e. The van der Waals surface area contributed by atoms with Crippen molar-refractivity contribution >= 4 is 28.4 Å². The quantitative estimate of drug-likeness (QED) is 0.0557. The zero-order valence-electron chi connectivity index (χ0n) is 35.2. The molecule has 13 nitrogen and oxygen atoms in total. The van der Waals surface area contributed by atoms with E-state index in [0.717, 1.165) is 38.9 Å². The van der Waals surface area contributed by atoms with Crippen LogP contribution >= 0.6 is 7.82 Å². The van der Waals surface area contributed by atoms with Gasteiger partial charge in [-0.3, -0.25) is 13.6 Å². The molecule has 2 aliphatic heterocycles. The van der Waals surface area contributed by atoms with Gasteiger partial charge in [0.25, 0.3) is 0 Å². The number of nitrogens with one attached hydrogen (secondary N) is 1. The molecule has 5 atom stereocenters. The maximum absolute atomic E-state index is 14.6. The lowest BCUT2D eigenvalue weighted by molar-refractivity contribution is -0.250. The number of amides is 1. The van der Waals surface area contributed by atoms with E-state index < -0.39 is 59.0 Å². The van der Waals surface area contributed by atoms with Gasteiger partial charge in [-0.25, -0.2) is 14.2 Å². The van der Waals surface area contributed by atoms with Crippen molar-refractivity contribution in [3.63, 3.8) is 0 Å². The van der Waals surface area contributed by atoms with Gasteiger partial charge in [0, 0.05) is 5.92 Å². The topological polar surface area (TPSA) is 146 Å². The molecule has 2 unspecified atom stereocenters. The number of alkyl carbamates (subject to hydrolysis) is 1. The van der Waals surface area contributed by atoms with E-state index in [4.69, 9.17) is 41.7 Å². The van der Waals surface area contributed by atoms with Crippen molar-refractivity contribution in [2.45, 2.75) is 95.3 Å². The number of carbonyl (C=O) groups excluding carboxylic acids is 2. The third kappa shape index (κ3) is 10.5. The zero-order chi connectivity index (χ0) is 43.2. The van der Waals surface area contributed by atoms with Gasteiger partial charge in [0.1, 0.15) is 31.5 Å².